The molecule has 0 aliphatic heterocycles. The van der Waals surface area contributed by atoms with E-state index in [4.69, 9.17) is 4.74 Å². The maximum absolute atomic E-state index is 12.1. The Morgan fingerprint density at radius 1 is 1.35 bits per heavy atom. The second-order valence-electron chi connectivity index (χ2n) is 4.13. The van der Waals surface area contributed by atoms with E-state index in [1.54, 1.807) is 31.2 Å². The van der Waals surface area contributed by atoms with Crippen LogP contribution in [0.5, 0.6) is 0 Å². The molecule has 1 aromatic carbocycles. The lowest BCUT2D eigenvalue weighted by Gasteiger charge is -2.14. The van der Waals surface area contributed by atoms with Crippen molar-refractivity contribution in [1.29, 1.82) is 0 Å². The summed E-state index contributed by atoms with van der Waals surface area (Å²) < 4.78 is 5.72. The van der Waals surface area contributed by atoms with Crippen molar-refractivity contribution in [2.45, 2.75) is 13.3 Å². The Hall–Kier alpha value is -1.75. The van der Waals surface area contributed by atoms with E-state index < -0.39 is 11.9 Å². The van der Waals surface area contributed by atoms with E-state index in [0.29, 0.717) is 11.8 Å². The highest BCUT2D eigenvalue weighted by atomic mass is 79.9. The summed E-state index contributed by atoms with van der Waals surface area (Å²) >= 11 is 3.28. The van der Waals surface area contributed by atoms with Gasteiger partial charge in [-0.25, -0.2) is 0 Å². The van der Waals surface area contributed by atoms with E-state index >= 15 is 0 Å². The lowest BCUT2D eigenvalue weighted by Crippen LogP contribution is -2.23. The Balaban J connectivity index is 2.86. The van der Waals surface area contributed by atoms with Gasteiger partial charge in [0, 0.05) is 16.5 Å². The number of Topliss-reactive ketones (excluding diaryl/α,β-unsaturated/α-hetero) is 1. The summed E-state index contributed by atoms with van der Waals surface area (Å²) in [6.07, 6.45) is 0.356. The van der Waals surface area contributed by atoms with Gasteiger partial charge in [-0.3, -0.25) is 14.4 Å². The second-order valence-corrected chi connectivity index (χ2v) is 5.05. The zero-order valence-electron chi connectivity index (χ0n) is 11.1. The fourth-order valence-electron chi connectivity index (χ4n) is 1.63. The highest BCUT2D eigenvalue weighted by Crippen LogP contribution is 2.19. The number of rotatable bonds is 7. The van der Waals surface area contributed by atoms with E-state index in [1.807, 2.05) is 0 Å². The van der Waals surface area contributed by atoms with Crippen molar-refractivity contribution in [3.8, 4) is 0 Å². The third-order valence-corrected chi connectivity index (χ3v) is 3.25. The molecule has 0 aliphatic rings. The van der Waals surface area contributed by atoms with E-state index in [0.717, 1.165) is 4.47 Å². The Morgan fingerprint density at radius 2 is 1.95 bits per heavy atom. The van der Waals surface area contributed by atoms with Crippen LogP contribution in [-0.2, 0) is 14.3 Å². The number of carbonyl (C=O) groups is 3. The summed E-state index contributed by atoms with van der Waals surface area (Å²) in [7, 11) is 0. The van der Waals surface area contributed by atoms with Gasteiger partial charge in [0.25, 0.3) is 0 Å². The molecular formula is C15H15BrO4. The van der Waals surface area contributed by atoms with Crippen LogP contribution in [0.15, 0.2) is 40.9 Å². The zero-order valence-corrected chi connectivity index (χ0v) is 12.7. The highest BCUT2D eigenvalue weighted by molar-refractivity contribution is 9.10. The average Bonchev–Trinajstić information content (AvgIpc) is 2.44. The van der Waals surface area contributed by atoms with E-state index in [9.17, 15) is 14.4 Å². The van der Waals surface area contributed by atoms with Crippen molar-refractivity contribution >= 4 is 34.0 Å². The molecule has 0 fully saturated rings. The molecule has 1 rings (SSSR count). The smallest absolute Gasteiger partial charge is 0.313 e. The monoisotopic (exact) mass is 338 g/mol. The van der Waals surface area contributed by atoms with Gasteiger partial charge in [0.2, 0.25) is 0 Å². The molecule has 0 aromatic heterocycles. The lowest BCUT2D eigenvalue weighted by molar-refractivity contribution is -0.147. The van der Waals surface area contributed by atoms with Gasteiger partial charge in [0.05, 0.1) is 12.5 Å². The normalized spacial score (nSPS) is 11.5. The molecule has 0 saturated heterocycles. The number of ether oxygens (including phenoxy) is 1. The van der Waals surface area contributed by atoms with Crippen LogP contribution in [-0.4, -0.2) is 24.6 Å². The summed E-state index contributed by atoms with van der Waals surface area (Å²) in [6.45, 7) is 5.36. The molecule has 0 bridgehead atoms. The summed E-state index contributed by atoms with van der Waals surface area (Å²) in [5, 5.41) is 0. The van der Waals surface area contributed by atoms with Crippen LogP contribution in [0.3, 0.4) is 0 Å². The van der Waals surface area contributed by atoms with Crippen LogP contribution < -0.4 is 0 Å². The van der Waals surface area contributed by atoms with Gasteiger partial charge in [-0.2, -0.15) is 0 Å². The summed E-state index contributed by atoms with van der Waals surface area (Å²) in [5.74, 6) is -1.77. The Morgan fingerprint density at radius 3 is 2.45 bits per heavy atom. The van der Waals surface area contributed by atoms with Crippen molar-refractivity contribution < 1.29 is 19.1 Å². The zero-order chi connectivity index (χ0) is 15.1. The summed E-state index contributed by atoms with van der Waals surface area (Å²) in [5.41, 5.74) is 0.523. The molecule has 20 heavy (non-hydrogen) atoms. The predicted molar refractivity (Wildman–Crippen MR) is 78.4 cm³/mol. The van der Waals surface area contributed by atoms with Crippen molar-refractivity contribution in [1.82, 2.24) is 0 Å². The van der Waals surface area contributed by atoms with E-state index in [1.165, 1.54) is 0 Å². The van der Waals surface area contributed by atoms with E-state index in [-0.39, 0.29) is 24.4 Å². The van der Waals surface area contributed by atoms with Crippen molar-refractivity contribution in [3.63, 3.8) is 0 Å². The second kappa shape index (κ2) is 7.75. The molecule has 0 amide bonds. The number of aldehydes is 1. The first kappa shape index (κ1) is 16.3. The maximum Gasteiger partial charge on any atom is 0.313 e. The molecule has 5 heteroatoms. The number of esters is 1. The minimum absolute atomic E-state index is 0.0499. The summed E-state index contributed by atoms with van der Waals surface area (Å²) in [6, 6.07) is 6.78. The first-order chi connectivity index (χ1) is 9.49. The summed E-state index contributed by atoms with van der Waals surface area (Å²) in [4.78, 5) is 34.7. The minimum Gasteiger partial charge on any atom is -0.466 e. The number of halogens is 1. The molecule has 1 atom stereocenters. The molecule has 1 aromatic rings. The molecule has 1 unspecified atom stereocenters. The molecule has 0 heterocycles. The molecule has 106 valence electrons. The van der Waals surface area contributed by atoms with Crippen LogP contribution in [0.25, 0.3) is 0 Å². The first-order valence-electron chi connectivity index (χ1n) is 6.09. The molecule has 0 saturated carbocycles. The fraction of sp³-hybridized carbons (Fsp3) is 0.267. The Kier molecular flexibility index (Phi) is 6.31. The Labute approximate surface area is 125 Å². The van der Waals surface area contributed by atoms with Gasteiger partial charge in [0.15, 0.2) is 5.78 Å². The van der Waals surface area contributed by atoms with Crippen LogP contribution in [0.2, 0.25) is 0 Å². The van der Waals surface area contributed by atoms with Crippen LogP contribution in [0.4, 0.5) is 0 Å². The SMILES string of the molecule is C=C(C=O)C(CC(=O)c1ccc(Br)cc1)C(=O)OCC. The van der Waals surface area contributed by atoms with Crippen molar-refractivity contribution in [3.05, 3.63) is 46.5 Å². The first-order valence-corrected chi connectivity index (χ1v) is 6.88. The van der Waals surface area contributed by atoms with Crippen LogP contribution in [0.1, 0.15) is 23.7 Å². The van der Waals surface area contributed by atoms with Gasteiger partial charge in [-0.1, -0.05) is 34.6 Å². The van der Waals surface area contributed by atoms with Gasteiger partial charge in [0.1, 0.15) is 6.29 Å². The van der Waals surface area contributed by atoms with Crippen LogP contribution >= 0.6 is 15.9 Å². The maximum atomic E-state index is 12.1. The van der Waals surface area contributed by atoms with Gasteiger partial charge >= 0.3 is 5.97 Å². The lowest BCUT2D eigenvalue weighted by atomic mass is 9.93. The van der Waals surface area contributed by atoms with Gasteiger partial charge in [-0.15, -0.1) is 0 Å². The third kappa shape index (κ3) is 4.42. The molecule has 0 N–H and O–H groups in total. The molecule has 4 nitrogen and oxygen atoms in total. The van der Waals surface area contributed by atoms with Crippen molar-refractivity contribution in [2.75, 3.05) is 6.61 Å². The molecule has 0 spiro atoms. The molecule has 0 aliphatic carbocycles. The van der Waals surface area contributed by atoms with Gasteiger partial charge < -0.3 is 4.74 Å². The number of hydrogen-bond donors (Lipinski definition) is 0. The quantitative estimate of drug-likeness (QED) is 0.332. The third-order valence-electron chi connectivity index (χ3n) is 2.73. The molecule has 0 radical (unpaired) electrons. The number of ketones is 1. The standard InChI is InChI=1S/C15H15BrO4/c1-3-20-15(19)13(10(2)9-17)8-14(18)11-4-6-12(16)7-5-11/h4-7,9,13H,2-3,8H2,1H3. The topological polar surface area (TPSA) is 60.4 Å². The van der Waals surface area contributed by atoms with E-state index in [2.05, 4.69) is 22.5 Å². The predicted octanol–water partition coefficient (Wildman–Crippen LogP) is 2.96. The van der Waals surface area contributed by atoms with Gasteiger partial charge in [-0.05, 0) is 24.6 Å². The largest absolute Gasteiger partial charge is 0.466 e. The highest BCUT2D eigenvalue weighted by Gasteiger charge is 2.26. The average molecular weight is 339 g/mol. The van der Waals surface area contributed by atoms with Crippen molar-refractivity contribution in [2.24, 2.45) is 5.92 Å². The molecular weight excluding hydrogens is 324 g/mol. The fourth-order valence-corrected chi connectivity index (χ4v) is 1.89. The number of hydrogen-bond acceptors (Lipinski definition) is 4. The number of carbonyl (C=O) groups excluding carboxylic acids is 3. The number of benzene rings is 1. The van der Waals surface area contributed by atoms with Crippen LogP contribution in [0, 0.1) is 5.92 Å². The Bertz CT molecular complexity index is 519. The minimum atomic E-state index is -0.927.